The number of carbonyl (C=O) groups excluding carboxylic acids is 2. The molecule has 0 saturated carbocycles. The lowest BCUT2D eigenvalue weighted by Crippen LogP contribution is -2.51. The Morgan fingerprint density at radius 3 is 2.62 bits per heavy atom. The number of ether oxygens (including phenoxy) is 1. The number of anilines is 3. The number of amides is 2. The lowest BCUT2D eigenvalue weighted by Gasteiger charge is -2.37. The molecule has 2 aromatic carbocycles. The topological polar surface area (TPSA) is 90.9 Å². The van der Waals surface area contributed by atoms with Crippen LogP contribution in [0, 0.1) is 5.82 Å². The van der Waals surface area contributed by atoms with Gasteiger partial charge in [0.1, 0.15) is 11.6 Å². The summed E-state index contributed by atoms with van der Waals surface area (Å²) in [7, 11) is 3.47. The second kappa shape index (κ2) is 12.6. The van der Waals surface area contributed by atoms with Crippen LogP contribution in [0.5, 0.6) is 0 Å². The summed E-state index contributed by atoms with van der Waals surface area (Å²) in [6.07, 6.45) is 4.81. The first-order valence-electron chi connectivity index (χ1n) is 12.5. The largest absolute Gasteiger partial charge is 0.463 e. The van der Waals surface area contributed by atoms with E-state index >= 15 is 0 Å². The molecule has 11 heteroatoms. The number of urea groups is 1. The number of hydrogen-bond acceptors (Lipinski definition) is 7. The van der Waals surface area contributed by atoms with Crippen molar-refractivity contribution in [3.63, 3.8) is 0 Å². The highest BCUT2D eigenvalue weighted by Crippen LogP contribution is 2.32. The molecule has 0 unspecified atom stereocenters. The van der Waals surface area contributed by atoms with Crippen molar-refractivity contribution in [1.29, 1.82) is 0 Å². The number of benzene rings is 2. The molecule has 2 amide bonds. The van der Waals surface area contributed by atoms with Crippen molar-refractivity contribution < 1.29 is 18.7 Å². The average Bonchev–Trinajstić information content (AvgIpc) is 2.94. The summed E-state index contributed by atoms with van der Waals surface area (Å²) < 4.78 is 18.6. The summed E-state index contributed by atoms with van der Waals surface area (Å²) in [4.78, 5) is 39.0. The molecule has 1 N–H and O–H groups in total. The number of halogens is 2. The fourth-order valence-corrected chi connectivity index (χ4v) is 4.32. The zero-order valence-corrected chi connectivity index (χ0v) is 22.8. The Labute approximate surface area is 231 Å². The predicted molar refractivity (Wildman–Crippen MR) is 151 cm³/mol. The van der Waals surface area contributed by atoms with Crippen molar-refractivity contribution in [2.24, 2.45) is 0 Å². The Morgan fingerprint density at radius 1 is 1.15 bits per heavy atom. The normalized spacial score (nSPS) is 13.5. The monoisotopic (exact) mass is 552 g/mol. The Morgan fingerprint density at radius 2 is 1.92 bits per heavy atom. The Hall–Kier alpha value is -4.18. The Bertz CT molecular complexity index is 1380. The number of nitrogens with zero attached hydrogens (tertiary/aromatic N) is 5. The van der Waals surface area contributed by atoms with Gasteiger partial charge in [0.2, 0.25) is 5.95 Å². The highest BCUT2D eigenvalue weighted by atomic mass is 35.5. The van der Waals surface area contributed by atoms with Crippen LogP contribution in [0.1, 0.15) is 12.5 Å². The SMILES string of the molecule is CCOC(=O)C=Cc1cccc(-c2cnc(Nc3ccc(F)c(Cl)c3)nc2N2CCN(C(=O)N(C)C)CC2)c1. The van der Waals surface area contributed by atoms with Gasteiger partial charge in [-0.25, -0.2) is 19.0 Å². The lowest BCUT2D eigenvalue weighted by molar-refractivity contribution is -0.137. The summed E-state index contributed by atoms with van der Waals surface area (Å²) >= 11 is 5.94. The molecule has 4 rings (SSSR count). The minimum atomic E-state index is -0.513. The zero-order chi connectivity index (χ0) is 27.9. The van der Waals surface area contributed by atoms with Gasteiger partial charge < -0.3 is 24.8 Å². The first-order valence-corrected chi connectivity index (χ1v) is 12.9. The third-order valence-electron chi connectivity index (χ3n) is 6.07. The maximum Gasteiger partial charge on any atom is 0.330 e. The zero-order valence-electron chi connectivity index (χ0n) is 22.0. The van der Waals surface area contributed by atoms with Gasteiger partial charge in [0, 0.05) is 63.8 Å². The van der Waals surface area contributed by atoms with Gasteiger partial charge >= 0.3 is 12.0 Å². The molecule has 2 heterocycles. The second-order valence-electron chi connectivity index (χ2n) is 9.05. The molecule has 1 aliphatic rings. The first kappa shape index (κ1) is 27.8. The molecule has 1 saturated heterocycles. The van der Waals surface area contributed by atoms with Crippen LogP contribution >= 0.6 is 11.6 Å². The summed E-state index contributed by atoms with van der Waals surface area (Å²) in [6, 6.07) is 11.9. The van der Waals surface area contributed by atoms with Crippen LogP contribution in [0.4, 0.5) is 26.6 Å². The minimum Gasteiger partial charge on any atom is -0.463 e. The summed E-state index contributed by atoms with van der Waals surface area (Å²) in [6.45, 7) is 4.30. The molecule has 0 bridgehead atoms. The number of piperazine rings is 1. The van der Waals surface area contributed by atoms with Gasteiger partial charge in [-0.2, -0.15) is 4.98 Å². The van der Waals surface area contributed by atoms with Crippen LogP contribution in [0.15, 0.2) is 54.7 Å². The third kappa shape index (κ3) is 7.02. The van der Waals surface area contributed by atoms with E-state index in [1.807, 2.05) is 24.3 Å². The molecule has 0 atom stereocenters. The van der Waals surface area contributed by atoms with Crippen LogP contribution in [-0.2, 0) is 9.53 Å². The van der Waals surface area contributed by atoms with E-state index in [1.54, 1.807) is 49.2 Å². The molecule has 1 fully saturated rings. The molecule has 1 aromatic heterocycles. The van der Waals surface area contributed by atoms with Crippen LogP contribution in [0.25, 0.3) is 17.2 Å². The molecule has 3 aromatic rings. The van der Waals surface area contributed by atoms with E-state index in [0.717, 1.165) is 16.7 Å². The van der Waals surface area contributed by atoms with Crippen LogP contribution in [-0.4, -0.2) is 78.6 Å². The molecule has 0 aliphatic carbocycles. The van der Waals surface area contributed by atoms with E-state index in [1.165, 1.54) is 18.2 Å². The second-order valence-corrected chi connectivity index (χ2v) is 9.45. The molecular weight excluding hydrogens is 523 g/mol. The lowest BCUT2D eigenvalue weighted by atomic mass is 10.0. The van der Waals surface area contributed by atoms with Crippen molar-refractivity contribution in [3.05, 3.63) is 71.1 Å². The van der Waals surface area contributed by atoms with Gasteiger partial charge in [0.05, 0.1) is 11.6 Å². The smallest absolute Gasteiger partial charge is 0.330 e. The molecule has 9 nitrogen and oxygen atoms in total. The van der Waals surface area contributed by atoms with Crippen molar-refractivity contribution in [3.8, 4) is 11.1 Å². The molecule has 0 radical (unpaired) electrons. The number of nitrogens with one attached hydrogen (secondary N) is 1. The molecule has 39 heavy (non-hydrogen) atoms. The average molecular weight is 553 g/mol. The van der Waals surface area contributed by atoms with Crippen molar-refractivity contribution >= 4 is 47.1 Å². The van der Waals surface area contributed by atoms with Crippen LogP contribution < -0.4 is 10.2 Å². The van der Waals surface area contributed by atoms with Crippen molar-refractivity contribution in [1.82, 2.24) is 19.8 Å². The van der Waals surface area contributed by atoms with Gasteiger partial charge in [0.25, 0.3) is 0 Å². The Kier molecular flexibility index (Phi) is 8.98. The van der Waals surface area contributed by atoms with E-state index in [-0.39, 0.29) is 11.1 Å². The third-order valence-corrected chi connectivity index (χ3v) is 6.36. The number of hydrogen-bond donors (Lipinski definition) is 1. The number of aromatic nitrogens is 2. The van der Waals surface area contributed by atoms with Gasteiger partial charge in [-0.05, 0) is 48.4 Å². The van der Waals surface area contributed by atoms with Crippen molar-refractivity contribution in [2.45, 2.75) is 6.92 Å². The van der Waals surface area contributed by atoms with Crippen LogP contribution in [0.3, 0.4) is 0 Å². The summed E-state index contributed by atoms with van der Waals surface area (Å²) in [5, 5.41) is 3.09. The van der Waals surface area contributed by atoms with Gasteiger partial charge in [-0.15, -0.1) is 0 Å². The maximum absolute atomic E-state index is 13.6. The van der Waals surface area contributed by atoms with Crippen LogP contribution in [0.2, 0.25) is 5.02 Å². The van der Waals surface area contributed by atoms with E-state index < -0.39 is 11.8 Å². The minimum absolute atomic E-state index is 0.00814. The predicted octanol–water partition coefficient (Wildman–Crippen LogP) is 5.06. The molecular formula is C28H30ClFN6O3. The highest BCUT2D eigenvalue weighted by Gasteiger charge is 2.25. The van der Waals surface area contributed by atoms with E-state index in [9.17, 15) is 14.0 Å². The quantitative estimate of drug-likeness (QED) is 0.323. The highest BCUT2D eigenvalue weighted by molar-refractivity contribution is 6.31. The Balaban J connectivity index is 1.66. The van der Waals surface area contributed by atoms with Gasteiger partial charge in [0.15, 0.2) is 0 Å². The fourth-order valence-electron chi connectivity index (χ4n) is 4.14. The van der Waals surface area contributed by atoms with Gasteiger partial charge in [-0.3, -0.25) is 0 Å². The molecule has 0 spiro atoms. The van der Waals surface area contributed by atoms with Gasteiger partial charge in [-0.1, -0.05) is 29.8 Å². The molecule has 1 aliphatic heterocycles. The standard InChI is InChI=1S/C28H30ClFN6O3/c1-4-39-25(37)11-8-19-6-5-7-20(16-19)22-18-31-27(32-21-9-10-24(30)23(29)17-21)33-26(22)35-12-14-36(15-13-35)28(38)34(2)3/h5-11,16-18H,4,12-15H2,1-3H3,(H,31,32,33). The van der Waals surface area contributed by atoms with E-state index in [4.69, 9.17) is 21.3 Å². The fraction of sp³-hybridized carbons (Fsp3) is 0.286. The number of esters is 1. The number of rotatable bonds is 7. The number of carbonyl (C=O) groups is 2. The molecule has 204 valence electrons. The van der Waals surface area contributed by atoms with E-state index in [2.05, 4.69) is 15.2 Å². The first-order chi connectivity index (χ1) is 18.7. The summed E-state index contributed by atoms with van der Waals surface area (Å²) in [5.74, 6) is 0.0837. The van der Waals surface area contributed by atoms with Crippen molar-refractivity contribution in [2.75, 3.05) is 57.1 Å². The van der Waals surface area contributed by atoms with E-state index in [0.29, 0.717) is 50.2 Å². The maximum atomic E-state index is 13.6. The summed E-state index contributed by atoms with van der Waals surface area (Å²) in [5.41, 5.74) is 3.01.